The van der Waals surface area contributed by atoms with Crippen LogP contribution < -0.4 is 0 Å². The van der Waals surface area contributed by atoms with Crippen molar-refractivity contribution < 1.29 is 0 Å². The van der Waals surface area contributed by atoms with Crippen molar-refractivity contribution >= 4 is 0 Å². The summed E-state index contributed by atoms with van der Waals surface area (Å²) in [5.41, 5.74) is 0. The molecule has 0 N–H and O–H groups in total. The van der Waals surface area contributed by atoms with Crippen LogP contribution in [0.5, 0.6) is 0 Å². The summed E-state index contributed by atoms with van der Waals surface area (Å²) in [6.45, 7) is 11.7. The fourth-order valence-corrected chi connectivity index (χ4v) is 1.43. The molecule has 2 heteroatoms. The molecule has 0 atom stereocenters. The third kappa shape index (κ3) is 2.17. The minimum absolute atomic E-state index is 0.966. The highest BCUT2D eigenvalue weighted by atomic mass is 15.6. The zero-order chi connectivity index (χ0) is 8.10. The Labute approximate surface area is 68.8 Å². The van der Waals surface area contributed by atoms with Crippen LogP contribution in [0.15, 0.2) is 25.3 Å². The maximum atomic E-state index is 3.72. The molecule has 0 unspecified atom stereocenters. The molecule has 62 valence electrons. The molecule has 1 aliphatic heterocycles. The third-order valence-electron chi connectivity index (χ3n) is 1.91. The number of hydrogen-bond donors (Lipinski definition) is 0. The van der Waals surface area contributed by atoms with E-state index in [1.54, 1.807) is 0 Å². The standard InChI is InChI=1S/C9H16N2/c1-3-6-10-8-5-9-11(10)7-4-2/h3-4H,1-2,5-9H2. The number of hydrazine groups is 1. The van der Waals surface area contributed by atoms with Crippen molar-refractivity contribution in [3.05, 3.63) is 25.3 Å². The summed E-state index contributed by atoms with van der Waals surface area (Å²) in [7, 11) is 0. The highest BCUT2D eigenvalue weighted by Gasteiger charge is 2.18. The lowest BCUT2D eigenvalue weighted by molar-refractivity contribution is 0.0530. The van der Waals surface area contributed by atoms with Crippen LogP contribution in [0.3, 0.4) is 0 Å². The van der Waals surface area contributed by atoms with Crippen LogP contribution in [0.4, 0.5) is 0 Å². The minimum Gasteiger partial charge on any atom is -0.238 e. The SMILES string of the molecule is C=CCN1CCCN1CC=C. The van der Waals surface area contributed by atoms with Gasteiger partial charge in [-0.3, -0.25) is 0 Å². The highest BCUT2D eigenvalue weighted by molar-refractivity contribution is 4.80. The molecule has 0 bridgehead atoms. The maximum absolute atomic E-state index is 3.72. The smallest absolute Gasteiger partial charge is 0.0311 e. The van der Waals surface area contributed by atoms with E-state index in [0.717, 1.165) is 13.1 Å². The van der Waals surface area contributed by atoms with Crippen molar-refractivity contribution in [1.29, 1.82) is 0 Å². The maximum Gasteiger partial charge on any atom is 0.0311 e. The van der Waals surface area contributed by atoms with E-state index < -0.39 is 0 Å². The second-order valence-electron chi connectivity index (χ2n) is 2.76. The van der Waals surface area contributed by atoms with Crippen molar-refractivity contribution in [2.75, 3.05) is 26.2 Å². The van der Waals surface area contributed by atoms with Crippen molar-refractivity contribution in [2.24, 2.45) is 0 Å². The van der Waals surface area contributed by atoms with Crippen molar-refractivity contribution in [2.45, 2.75) is 6.42 Å². The first-order chi connectivity index (χ1) is 5.38. The molecular weight excluding hydrogens is 136 g/mol. The van der Waals surface area contributed by atoms with Crippen LogP contribution in [-0.4, -0.2) is 36.2 Å². The molecule has 0 saturated carbocycles. The lowest BCUT2D eigenvalue weighted by Gasteiger charge is -2.25. The molecule has 1 heterocycles. The molecule has 2 nitrogen and oxygen atoms in total. The zero-order valence-electron chi connectivity index (χ0n) is 7.00. The molecular formula is C9H16N2. The van der Waals surface area contributed by atoms with Crippen LogP contribution in [0, 0.1) is 0 Å². The normalized spacial score (nSPS) is 20.4. The van der Waals surface area contributed by atoms with Crippen LogP contribution in [0.25, 0.3) is 0 Å². The van der Waals surface area contributed by atoms with Gasteiger partial charge in [0.25, 0.3) is 0 Å². The minimum atomic E-state index is 0.966. The summed E-state index contributed by atoms with van der Waals surface area (Å²) in [5.74, 6) is 0. The number of hydrogen-bond acceptors (Lipinski definition) is 2. The van der Waals surface area contributed by atoms with E-state index in [2.05, 4.69) is 23.2 Å². The average Bonchev–Trinajstić information content (AvgIpc) is 2.39. The van der Waals surface area contributed by atoms with Gasteiger partial charge >= 0.3 is 0 Å². The molecule has 11 heavy (non-hydrogen) atoms. The molecule has 0 aliphatic carbocycles. The Hall–Kier alpha value is -0.600. The Morgan fingerprint density at radius 3 is 1.82 bits per heavy atom. The second kappa shape index (κ2) is 4.31. The largest absolute Gasteiger partial charge is 0.238 e. The van der Waals surface area contributed by atoms with Gasteiger partial charge in [-0.15, -0.1) is 13.2 Å². The molecule has 0 amide bonds. The van der Waals surface area contributed by atoms with Gasteiger partial charge in [0.05, 0.1) is 0 Å². The third-order valence-corrected chi connectivity index (χ3v) is 1.91. The molecule has 0 spiro atoms. The van der Waals surface area contributed by atoms with Gasteiger partial charge in [-0.2, -0.15) is 0 Å². The van der Waals surface area contributed by atoms with Gasteiger partial charge in [0.2, 0.25) is 0 Å². The zero-order valence-corrected chi connectivity index (χ0v) is 7.00. The summed E-state index contributed by atoms with van der Waals surface area (Å²) in [6, 6.07) is 0. The van der Waals surface area contributed by atoms with E-state index in [1.807, 2.05) is 12.2 Å². The fraction of sp³-hybridized carbons (Fsp3) is 0.556. The van der Waals surface area contributed by atoms with E-state index in [0.29, 0.717) is 0 Å². The molecule has 0 aromatic heterocycles. The summed E-state index contributed by atoms with van der Waals surface area (Å²) in [5, 5.41) is 4.63. The Kier molecular flexibility index (Phi) is 3.33. The second-order valence-corrected chi connectivity index (χ2v) is 2.76. The summed E-state index contributed by atoms with van der Waals surface area (Å²) in [4.78, 5) is 0. The Morgan fingerprint density at radius 1 is 1.00 bits per heavy atom. The molecule has 0 radical (unpaired) electrons. The van der Waals surface area contributed by atoms with Gasteiger partial charge in [-0.1, -0.05) is 12.2 Å². The quantitative estimate of drug-likeness (QED) is 0.560. The molecule has 1 aliphatic rings. The predicted octanol–water partition coefficient (Wildman–Crippen LogP) is 1.28. The predicted molar refractivity (Wildman–Crippen MR) is 48.2 cm³/mol. The summed E-state index contributed by atoms with van der Waals surface area (Å²) in [6.07, 6.45) is 5.16. The Balaban J connectivity index is 2.36. The van der Waals surface area contributed by atoms with Gasteiger partial charge in [0.15, 0.2) is 0 Å². The van der Waals surface area contributed by atoms with E-state index in [9.17, 15) is 0 Å². The fourth-order valence-electron chi connectivity index (χ4n) is 1.43. The van der Waals surface area contributed by atoms with Gasteiger partial charge in [-0.25, -0.2) is 10.0 Å². The van der Waals surface area contributed by atoms with Gasteiger partial charge in [-0.05, 0) is 6.42 Å². The topological polar surface area (TPSA) is 6.48 Å². The first-order valence-corrected chi connectivity index (χ1v) is 4.10. The lowest BCUT2D eigenvalue weighted by Crippen LogP contribution is -2.36. The van der Waals surface area contributed by atoms with Gasteiger partial charge in [0, 0.05) is 26.2 Å². The molecule has 1 saturated heterocycles. The summed E-state index contributed by atoms with van der Waals surface area (Å²) >= 11 is 0. The van der Waals surface area contributed by atoms with Crippen molar-refractivity contribution in [1.82, 2.24) is 10.0 Å². The molecule has 0 aromatic carbocycles. The number of nitrogens with zero attached hydrogens (tertiary/aromatic N) is 2. The average molecular weight is 152 g/mol. The van der Waals surface area contributed by atoms with Crippen LogP contribution >= 0.6 is 0 Å². The van der Waals surface area contributed by atoms with E-state index in [1.165, 1.54) is 19.5 Å². The van der Waals surface area contributed by atoms with Crippen molar-refractivity contribution in [3.63, 3.8) is 0 Å². The lowest BCUT2D eigenvalue weighted by atomic mass is 10.4. The first-order valence-electron chi connectivity index (χ1n) is 4.10. The van der Waals surface area contributed by atoms with Crippen LogP contribution in [-0.2, 0) is 0 Å². The van der Waals surface area contributed by atoms with Crippen LogP contribution in [0.1, 0.15) is 6.42 Å². The summed E-state index contributed by atoms with van der Waals surface area (Å²) < 4.78 is 0. The van der Waals surface area contributed by atoms with Gasteiger partial charge < -0.3 is 0 Å². The number of rotatable bonds is 4. The highest BCUT2D eigenvalue weighted by Crippen LogP contribution is 2.08. The van der Waals surface area contributed by atoms with Crippen molar-refractivity contribution in [3.8, 4) is 0 Å². The Morgan fingerprint density at radius 2 is 1.45 bits per heavy atom. The van der Waals surface area contributed by atoms with Gasteiger partial charge in [0.1, 0.15) is 0 Å². The monoisotopic (exact) mass is 152 g/mol. The van der Waals surface area contributed by atoms with E-state index in [-0.39, 0.29) is 0 Å². The van der Waals surface area contributed by atoms with E-state index >= 15 is 0 Å². The molecule has 0 aromatic rings. The first kappa shape index (κ1) is 8.50. The molecule has 1 fully saturated rings. The molecule has 1 rings (SSSR count). The van der Waals surface area contributed by atoms with Crippen LogP contribution in [0.2, 0.25) is 0 Å². The Bertz CT molecular complexity index is 126. The van der Waals surface area contributed by atoms with E-state index in [4.69, 9.17) is 0 Å².